The molecule has 1 aliphatic carbocycles. The lowest BCUT2D eigenvalue weighted by atomic mass is 9.80. The molecule has 1 saturated carbocycles. The van der Waals surface area contributed by atoms with E-state index in [-0.39, 0.29) is 0 Å². The molecule has 1 heterocycles. The van der Waals surface area contributed by atoms with Crippen molar-refractivity contribution in [1.82, 2.24) is 9.97 Å². The van der Waals surface area contributed by atoms with Crippen molar-refractivity contribution >= 4 is 27.7 Å². The Kier molecular flexibility index (Phi) is 3.60. The van der Waals surface area contributed by atoms with Gasteiger partial charge in [-0.2, -0.15) is 4.98 Å². The average molecular weight is 286 g/mol. The second kappa shape index (κ2) is 4.97. The van der Waals surface area contributed by atoms with Crippen LogP contribution >= 0.6 is 15.9 Å². The predicted octanol–water partition coefficient (Wildman–Crippen LogP) is 2.13. The smallest absolute Gasteiger partial charge is 0.239 e. The van der Waals surface area contributed by atoms with E-state index in [0.29, 0.717) is 12.0 Å². The molecule has 1 aromatic rings. The lowest BCUT2D eigenvalue weighted by molar-refractivity contribution is 0.285. The monoisotopic (exact) mass is 285 g/mol. The van der Waals surface area contributed by atoms with Gasteiger partial charge in [0.2, 0.25) is 5.95 Å². The van der Waals surface area contributed by atoms with E-state index in [1.165, 1.54) is 19.3 Å². The van der Waals surface area contributed by atoms with Crippen LogP contribution in [0.25, 0.3) is 0 Å². The molecule has 2 rings (SSSR count). The van der Waals surface area contributed by atoms with Crippen molar-refractivity contribution in [2.24, 2.45) is 11.8 Å². The maximum absolute atomic E-state index is 5.28. The van der Waals surface area contributed by atoms with Gasteiger partial charge in [0, 0.05) is 12.2 Å². The number of hydrogen-bond acceptors (Lipinski definition) is 5. The lowest BCUT2D eigenvalue weighted by Crippen LogP contribution is -2.31. The SMILES string of the molecule is CC(Nc1nc(NN)ncc1Br)C1CCC1. The van der Waals surface area contributed by atoms with Crippen molar-refractivity contribution in [3.8, 4) is 0 Å². The number of hydrazine groups is 1. The maximum atomic E-state index is 5.28. The van der Waals surface area contributed by atoms with Gasteiger partial charge < -0.3 is 5.32 Å². The van der Waals surface area contributed by atoms with Gasteiger partial charge in [-0.05, 0) is 41.6 Å². The molecule has 16 heavy (non-hydrogen) atoms. The van der Waals surface area contributed by atoms with Crippen molar-refractivity contribution in [3.05, 3.63) is 10.7 Å². The summed E-state index contributed by atoms with van der Waals surface area (Å²) >= 11 is 3.42. The largest absolute Gasteiger partial charge is 0.366 e. The lowest BCUT2D eigenvalue weighted by Gasteiger charge is -2.32. The molecule has 0 amide bonds. The van der Waals surface area contributed by atoms with Gasteiger partial charge >= 0.3 is 0 Å². The number of nitrogen functional groups attached to an aromatic ring is 1. The van der Waals surface area contributed by atoms with Crippen molar-refractivity contribution < 1.29 is 0 Å². The summed E-state index contributed by atoms with van der Waals surface area (Å²) in [4.78, 5) is 8.28. The maximum Gasteiger partial charge on any atom is 0.239 e. The molecular formula is C10H16BrN5. The Hall–Kier alpha value is -0.880. The van der Waals surface area contributed by atoms with E-state index in [1.54, 1.807) is 6.20 Å². The van der Waals surface area contributed by atoms with Crippen molar-refractivity contribution in [2.45, 2.75) is 32.2 Å². The highest BCUT2D eigenvalue weighted by molar-refractivity contribution is 9.10. The Morgan fingerprint density at radius 2 is 2.31 bits per heavy atom. The summed E-state index contributed by atoms with van der Waals surface area (Å²) in [5.74, 6) is 7.26. The minimum Gasteiger partial charge on any atom is -0.366 e. The highest BCUT2D eigenvalue weighted by Gasteiger charge is 2.24. The van der Waals surface area contributed by atoms with Crippen LogP contribution in [0.3, 0.4) is 0 Å². The fraction of sp³-hybridized carbons (Fsp3) is 0.600. The van der Waals surface area contributed by atoms with Crippen LogP contribution in [-0.2, 0) is 0 Å². The zero-order valence-corrected chi connectivity index (χ0v) is 10.8. The zero-order chi connectivity index (χ0) is 11.5. The number of nitrogens with zero attached hydrogens (tertiary/aromatic N) is 2. The third-order valence-electron chi connectivity index (χ3n) is 3.09. The molecule has 1 fully saturated rings. The van der Waals surface area contributed by atoms with Crippen molar-refractivity contribution in [3.63, 3.8) is 0 Å². The van der Waals surface area contributed by atoms with Crippen molar-refractivity contribution in [1.29, 1.82) is 0 Å². The van der Waals surface area contributed by atoms with Gasteiger partial charge in [-0.15, -0.1) is 0 Å². The Morgan fingerprint density at radius 3 is 2.88 bits per heavy atom. The third-order valence-corrected chi connectivity index (χ3v) is 3.67. The molecule has 1 unspecified atom stereocenters. The molecule has 6 heteroatoms. The van der Waals surface area contributed by atoms with Crippen LogP contribution in [0, 0.1) is 5.92 Å². The first-order chi connectivity index (χ1) is 7.70. The summed E-state index contributed by atoms with van der Waals surface area (Å²) in [5.41, 5.74) is 2.44. The summed E-state index contributed by atoms with van der Waals surface area (Å²) in [6, 6.07) is 0.436. The first-order valence-electron chi connectivity index (χ1n) is 5.46. The summed E-state index contributed by atoms with van der Waals surface area (Å²) in [7, 11) is 0. The van der Waals surface area contributed by atoms with Crippen LogP contribution in [-0.4, -0.2) is 16.0 Å². The van der Waals surface area contributed by atoms with Gasteiger partial charge in [-0.1, -0.05) is 6.42 Å². The quantitative estimate of drug-likeness (QED) is 0.584. The Labute approximate surface area is 103 Å². The summed E-state index contributed by atoms with van der Waals surface area (Å²) in [6.45, 7) is 2.19. The number of nitrogens with one attached hydrogen (secondary N) is 2. The number of halogens is 1. The van der Waals surface area contributed by atoms with E-state index in [1.807, 2.05) is 0 Å². The van der Waals surface area contributed by atoms with Crippen LogP contribution in [0.1, 0.15) is 26.2 Å². The van der Waals surface area contributed by atoms with E-state index in [2.05, 4.69) is 43.6 Å². The number of nitrogens with two attached hydrogens (primary N) is 1. The van der Waals surface area contributed by atoms with Gasteiger partial charge in [0.1, 0.15) is 5.82 Å². The van der Waals surface area contributed by atoms with E-state index >= 15 is 0 Å². The Balaban J connectivity index is 2.06. The fourth-order valence-electron chi connectivity index (χ4n) is 1.81. The van der Waals surface area contributed by atoms with Crippen LogP contribution in [0.2, 0.25) is 0 Å². The molecule has 0 radical (unpaired) electrons. The van der Waals surface area contributed by atoms with Gasteiger partial charge in [0.15, 0.2) is 0 Å². The molecule has 5 nitrogen and oxygen atoms in total. The highest BCUT2D eigenvalue weighted by Crippen LogP contribution is 2.32. The summed E-state index contributed by atoms with van der Waals surface area (Å²) < 4.78 is 0.859. The van der Waals surface area contributed by atoms with Crippen LogP contribution in [0.15, 0.2) is 10.7 Å². The summed E-state index contributed by atoms with van der Waals surface area (Å²) in [5, 5.41) is 3.39. The molecule has 1 aromatic heterocycles. The zero-order valence-electron chi connectivity index (χ0n) is 9.20. The summed E-state index contributed by atoms with van der Waals surface area (Å²) in [6.07, 6.45) is 5.65. The van der Waals surface area contributed by atoms with Crippen molar-refractivity contribution in [2.75, 3.05) is 10.7 Å². The topological polar surface area (TPSA) is 75.9 Å². The van der Waals surface area contributed by atoms with Gasteiger partial charge in [-0.25, -0.2) is 10.8 Å². The predicted molar refractivity (Wildman–Crippen MR) is 68.0 cm³/mol. The van der Waals surface area contributed by atoms with E-state index in [0.717, 1.165) is 16.2 Å². The molecular weight excluding hydrogens is 270 g/mol. The normalized spacial score (nSPS) is 17.7. The molecule has 0 aliphatic heterocycles. The molecule has 1 aliphatic rings. The van der Waals surface area contributed by atoms with Gasteiger partial charge in [0.05, 0.1) is 4.47 Å². The molecule has 88 valence electrons. The Bertz CT molecular complexity index is 366. The van der Waals surface area contributed by atoms with Crippen LogP contribution in [0.5, 0.6) is 0 Å². The van der Waals surface area contributed by atoms with Crippen LogP contribution < -0.4 is 16.6 Å². The second-order valence-corrected chi connectivity index (χ2v) is 5.01. The first kappa shape index (κ1) is 11.6. The number of anilines is 2. The first-order valence-corrected chi connectivity index (χ1v) is 6.25. The molecule has 0 saturated heterocycles. The number of rotatable bonds is 4. The molecule has 0 spiro atoms. The molecule has 0 aromatic carbocycles. The minimum atomic E-state index is 0.423. The highest BCUT2D eigenvalue weighted by atomic mass is 79.9. The van der Waals surface area contributed by atoms with Crippen LogP contribution in [0.4, 0.5) is 11.8 Å². The molecule has 1 atom stereocenters. The average Bonchev–Trinajstić information content (AvgIpc) is 2.18. The fourth-order valence-corrected chi connectivity index (χ4v) is 2.12. The van der Waals surface area contributed by atoms with Gasteiger partial charge in [-0.3, -0.25) is 5.43 Å². The minimum absolute atomic E-state index is 0.423. The molecule has 0 bridgehead atoms. The number of aromatic nitrogens is 2. The second-order valence-electron chi connectivity index (χ2n) is 4.16. The third kappa shape index (κ3) is 2.44. The number of hydrogen-bond donors (Lipinski definition) is 3. The van der Waals surface area contributed by atoms with E-state index < -0.39 is 0 Å². The standard InChI is InChI=1S/C10H16BrN5/c1-6(7-3-2-4-7)14-9-8(11)5-13-10(15-9)16-12/h5-7H,2-4,12H2,1H3,(H2,13,14,15,16). The van der Waals surface area contributed by atoms with E-state index in [4.69, 9.17) is 5.84 Å². The van der Waals surface area contributed by atoms with E-state index in [9.17, 15) is 0 Å². The molecule has 4 N–H and O–H groups in total. The van der Waals surface area contributed by atoms with Gasteiger partial charge in [0.25, 0.3) is 0 Å². The Morgan fingerprint density at radius 1 is 1.56 bits per heavy atom.